The SMILES string of the molecule is Cc1ccc(NC(=O)/C(C#N)=C/c2ccccc2OCc2cccc([N+](=O)[O-])c2)cc1. The molecule has 1 N–H and O–H groups in total. The Bertz CT molecular complexity index is 1180. The molecule has 1 amide bonds. The summed E-state index contributed by atoms with van der Waals surface area (Å²) in [6.45, 7) is 2.04. The number of benzene rings is 3. The quantitative estimate of drug-likeness (QED) is 0.253. The second-order valence-electron chi connectivity index (χ2n) is 6.74. The molecule has 7 nitrogen and oxygen atoms in total. The van der Waals surface area contributed by atoms with Gasteiger partial charge in [0.25, 0.3) is 11.6 Å². The number of anilines is 1. The minimum absolute atomic E-state index is 0.0196. The molecule has 0 heterocycles. The second kappa shape index (κ2) is 9.85. The number of rotatable bonds is 7. The van der Waals surface area contributed by atoms with E-state index in [1.54, 1.807) is 48.5 Å². The fraction of sp³-hybridized carbons (Fsp3) is 0.0833. The number of nitro benzene ring substituents is 1. The van der Waals surface area contributed by atoms with Crippen LogP contribution in [0.15, 0.2) is 78.4 Å². The highest BCUT2D eigenvalue weighted by atomic mass is 16.6. The van der Waals surface area contributed by atoms with E-state index in [9.17, 15) is 20.2 Å². The molecule has 0 radical (unpaired) electrons. The molecule has 31 heavy (non-hydrogen) atoms. The van der Waals surface area contributed by atoms with Gasteiger partial charge < -0.3 is 10.1 Å². The number of hydrogen-bond acceptors (Lipinski definition) is 5. The van der Waals surface area contributed by atoms with Crippen molar-refractivity contribution >= 4 is 23.4 Å². The zero-order valence-corrected chi connectivity index (χ0v) is 16.7. The number of carbonyl (C=O) groups is 1. The van der Waals surface area contributed by atoms with E-state index < -0.39 is 10.8 Å². The van der Waals surface area contributed by atoms with Gasteiger partial charge in [0, 0.05) is 23.4 Å². The van der Waals surface area contributed by atoms with Gasteiger partial charge in [-0.1, -0.05) is 48.0 Å². The van der Waals surface area contributed by atoms with Crippen LogP contribution in [-0.4, -0.2) is 10.8 Å². The summed E-state index contributed by atoms with van der Waals surface area (Å²) in [5, 5.41) is 23.1. The largest absolute Gasteiger partial charge is 0.488 e. The Morgan fingerprint density at radius 2 is 1.87 bits per heavy atom. The highest BCUT2D eigenvalue weighted by Gasteiger charge is 2.12. The summed E-state index contributed by atoms with van der Waals surface area (Å²) in [5.74, 6) is -0.0790. The molecule has 154 valence electrons. The number of carbonyl (C=O) groups excluding carboxylic acids is 1. The van der Waals surface area contributed by atoms with E-state index in [1.807, 2.05) is 25.1 Å². The van der Waals surface area contributed by atoms with E-state index >= 15 is 0 Å². The lowest BCUT2D eigenvalue weighted by Crippen LogP contribution is -2.13. The van der Waals surface area contributed by atoms with Crippen molar-refractivity contribution in [1.82, 2.24) is 0 Å². The molecule has 0 aliphatic rings. The smallest absolute Gasteiger partial charge is 0.269 e. The molecule has 0 aliphatic heterocycles. The van der Waals surface area contributed by atoms with Crippen molar-refractivity contribution in [1.29, 1.82) is 5.26 Å². The minimum Gasteiger partial charge on any atom is -0.488 e. The Hall–Kier alpha value is -4.44. The van der Waals surface area contributed by atoms with Crippen LogP contribution in [0.25, 0.3) is 6.08 Å². The summed E-state index contributed by atoms with van der Waals surface area (Å²) in [5.41, 5.74) is 2.73. The number of para-hydroxylation sites is 1. The highest BCUT2D eigenvalue weighted by molar-refractivity contribution is 6.09. The number of nitrogens with one attached hydrogen (secondary N) is 1. The Balaban J connectivity index is 1.77. The Morgan fingerprint density at radius 1 is 1.13 bits per heavy atom. The predicted molar refractivity (Wildman–Crippen MR) is 117 cm³/mol. The topological polar surface area (TPSA) is 105 Å². The maximum atomic E-state index is 12.5. The Kier molecular flexibility index (Phi) is 6.76. The van der Waals surface area contributed by atoms with Crippen LogP contribution in [0.2, 0.25) is 0 Å². The molecule has 3 rings (SSSR count). The summed E-state index contributed by atoms with van der Waals surface area (Å²) < 4.78 is 5.81. The van der Waals surface area contributed by atoms with Crippen LogP contribution in [0.3, 0.4) is 0 Å². The van der Waals surface area contributed by atoms with Gasteiger partial charge in [-0.25, -0.2) is 0 Å². The van der Waals surface area contributed by atoms with E-state index in [4.69, 9.17) is 4.74 Å². The zero-order valence-electron chi connectivity index (χ0n) is 16.7. The molecule has 3 aromatic carbocycles. The lowest BCUT2D eigenvalue weighted by atomic mass is 10.1. The van der Waals surface area contributed by atoms with Crippen LogP contribution < -0.4 is 10.1 Å². The maximum Gasteiger partial charge on any atom is 0.269 e. The number of nitrogens with zero attached hydrogens (tertiary/aromatic N) is 2. The van der Waals surface area contributed by atoms with Crippen LogP contribution in [0, 0.1) is 28.4 Å². The van der Waals surface area contributed by atoms with Gasteiger partial charge in [-0.15, -0.1) is 0 Å². The Labute approximate surface area is 179 Å². The number of ether oxygens (including phenoxy) is 1. The number of hydrogen-bond donors (Lipinski definition) is 1. The first-order valence-corrected chi connectivity index (χ1v) is 9.41. The van der Waals surface area contributed by atoms with Crippen LogP contribution >= 0.6 is 0 Å². The van der Waals surface area contributed by atoms with Gasteiger partial charge in [0.1, 0.15) is 24.0 Å². The first-order chi connectivity index (χ1) is 15.0. The summed E-state index contributed by atoms with van der Waals surface area (Å²) in [6, 6.07) is 22.3. The van der Waals surface area contributed by atoms with Crippen molar-refractivity contribution < 1.29 is 14.5 Å². The second-order valence-corrected chi connectivity index (χ2v) is 6.74. The number of non-ortho nitro benzene ring substituents is 1. The molecule has 7 heteroatoms. The summed E-state index contributed by atoms with van der Waals surface area (Å²) in [7, 11) is 0. The van der Waals surface area contributed by atoms with Crippen LogP contribution in [0.4, 0.5) is 11.4 Å². The van der Waals surface area contributed by atoms with E-state index in [-0.39, 0.29) is 17.9 Å². The van der Waals surface area contributed by atoms with Gasteiger partial charge in [-0.3, -0.25) is 14.9 Å². The Morgan fingerprint density at radius 3 is 2.58 bits per heavy atom. The molecule has 0 spiro atoms. The number of aryl methyl sites for hydroxylation is 1. The monoisotopic (exact) mass is 413 g/mol. The summed E-state index contributed by atoms with van der Waals surface area (Å²) in [4.78, 5) is 23.0. The van der Waals surface area contributed by atoms with Crippen molar-refractivity contribution in [3.05, 3.63) is 105 Å². The maximum absolute atomic E-state index is 12.5. The van der Waals surface area contributed by atoms with Crippen molar-refractivity contribution in [2.75, 3.05) is 5.32 Å². The lowest BCUT2D eigenvalue weighted by molar-refractivity contribution is -0.384. The highest BCUT2D eigenvalue weighted by Crippen LogP contribution is 2.23. The van der Waals surface area contributed by atoms with Crippen LogP contribution in [0.5, 0.6) is 5.75 Å². The first-order valence-electron chi connectivity index (χ1n) is 9.41. The van der Waals surface area contributed by atoms with Gasteiger partial charge in [0.2, 0.25) is 0 Å². The fourth-order valence-corrected chi connectivity index (χ4v) is 2.79. The van der Waals surface area contributed by atoms with Crippen molar-refractivity contribution in [3.8, 4) is 11.8 Å². The molecule has 0 fully saturated rings. The van der Waals surface area contributed by atoms with Crippen molar-refractivity contribution in [2.24, 2.45) is 0 Å². The molecule has 0 bridgehead atoms. The van der Waals surface area contributed by atoms with Crippen molar-refractivity contribution in [2.45, 2.75) is 13.5 Å². The van der Waals surface area contributed by atoms with Crippen LogP contribution in [-0.2, 0) is 11.4 Å². The normalized spacial score (nSPS) is 10.8. The minimum atomic E-state index is -0.528. The first kappa shape index (κ1) is 21.3. The molecule has 0 saturated carbocycles. The van der Waals surface area contributed by atoms with E-state index in [1.165, 1.54) is 18.2 Å². The number of nitriles is 1. The standard InChI is InChI=1S/C24H19N3O4/c1-17-9-11-21(12-10-17)26-24(28)20(15-25)14-19-6-2-3-8-23(19)31-16-18-5-4-7-22(13-18)27(29)30/h2-14H,16H2,1H3,(H,26,28)/b20-14+. The third kappa shape index (κ3) is 5.78. The molecular formula is C24H19N3O4. The number of nitro groups is 1. The third-order valence-corrected chi connectivity index (χ3v) is 4.41. The molecule has 0 atom stereocenters. The molecule has 0 aliphatic carbocycles. The predicted octanol–water partition coefficient (Wildman–Crippen LogP) is 5.03. The fourth-order valence-electron chi connectivity index (χ4n) is 2.79. The molecule has 0 saturated heterocycles. The van der Waals surface area contributed by atoms with E-state index in [0.717, 1.165) is 5.56 Å². The summed E-state index contributed by atoms with van der Waals surface area (Å²) >= 11 is 0. The van der Waals surface area contributed by atoms with Gasteiger partial charge in [-0.2, -0.15) is 5.26 Å². The molecule has 0 aromatic heterocycles. The van der Waals surface area contributed by atoms with Gasteiger partial charge in [0.05, 0.1) is 4.92 Å². The van der Waals surface area contributed by atoms with Crippen molar-refractivity contribution in [3.63, 3.8) is 0 Å². The summed E-state index contributed by atoms with van der Waals surface area (Å²) in [6.07, 6.45) is 1.45. The van der Waals surface area contributed by atoms with E-state index in [0.29, 0.717) is 22.6 Å². The van der Waals surface area contributed by atoms with Crippen LogP contribution in [0.1, 0.15) is 16.7 Å². The van der Waals surface area contributed by atoms with Gasteiger partial charge >= 0.3 is 0 Å². The van der Waals surface area contributed by atoms with E-state index in [2.05, 4.69) is 5.32 Å². The average molecular weight is 413 g/mol. The zero-order chi connectivity index (χ0) is 22.2. The molecule has 0 unspecified atom stereocenters. The van der Waals surface area contributed by atoms with Gasteiger partial charge in [-0.05, 0) is 36.8 Å². The molecule has 3 aromatic rings. The third-order valence-electron chi connectivity index (χ3n) is 4.41. The lowest BCUT2D eigenvalue weighted by Gasteiger charge is -2.10. The molecular weight excluding hydrogens is 394 g/mol. The number of amides is 1. The average Bonchev–Trinajstić information content (AvgIpc) is 2.78. The van der Waals surface area contributed by atoms with Gasteiger partial charge in [0.15, 0.2) is 0 Å².